The fraction of sp³-hybridized carbons (Fsp3) is 0.400. The molecule has 136 valence electrons. The SMILES string of the molecule is COCCN1C(=O)c2ccc(C(=O)N(C)C(C)C(=O)O)cc2S1(=O)=O. The second kappa shape index (κ2) is 6.81. The van der Waals surface area contributed by atoms with Gasteiger partial charge in [0.25, 0.3) is 21.8 Å². The van der Waals surface area contributed by atoms with Crippen molar-refractivity contribution in [2.75, 3.05) is 27.3 Å². The van der Waals surface area contributed by atoms with Crippen LogP contribution in [0.2, 0.25) is 0 Å². The van der Waals surface area contributed by atoms with Gasteiger partial charge in [-0.1, -0.05) is 0 Å². The fourth-order valence-electron chi connectivity index (χ4n) is 2.35. The van der Waals surface area contributed by atoms with Gasteiger partial charge in [-0.2, -0.15) is 0 Å². The Kier molecular flexibility index (Phi) is 5.14. The van der Waals surface area contributed by atoms with E-state index < -0.39 is 33.8 Å². The summed E-state index contributed by atoms with van der Waals surface area (Å²) in [5.41, 5.74) is -0.0408. The summed E-state index contributed by atoms with van der Waals surface area (Å²) in [6.45, 7) is 1.25. The van der Waals surface area contributed by atoms with Crippen LogP contribution in [0.5, 0.6) is 0 Å². The van der Waals surface area contributed by atoms with E-state index in [0.717, 1.165) is 11.0 Å². The molecule has 1 aliphatic rings. The summed E-state index contributed by atoms with van der Waals surface area (Å²) in [6.07, 6.45) is 0. The topological polar surface area (TPSA) is 121 Å². The molecular weight excluding hydrogens is 352 g/mol. The van der Waals surface area contributed by atoms with Crippen LogP contribution < -0.4 is 0 Å². The zero-order valence-electron chi connectivity index (χ0n) is 13.9. The smallest absolute Gasteiger partial charge is 0.326 e. The minimum Gasteiger partial charge on any atom is -0.480 e. The van der Waals surface area contributed by atoms with Crippen LogP contribution in [0, 0.1) is 0 Å². The number of aliphatic carboxylic acids is 1. The van der Waals surface area contributed by atoms with E-state index in [2.05, 4.69) is 0 Å². The van der Waals surface area contributed by atoms with E-state index in [-0.39, 0.29) is 29.2 Å². The summed E-state index contributed by atoms with van der Waals surface area (Å²) < 4.78 is 30.5. The van der Waals surface area contributed by atoms with Crippen molar-refractivity contribution in [1.82, 2.24) is 9.21 Å². The first kappa shape index (κ1) is 18.9. The van der Waals surface area contributed by atoms with Crippen LogP contribution in [0.1, 0.15) is 27.6 Å². The second-order valence-electron chi connectivity index (χ2n) is 5.52. The van der Waals surface area contributed by atoms with Crippen LogP contribution >= 0.6 is 0 Å². The number of carboxylic acid groups (broad SMARTS) is 1. The number of hydrogen-bond acceptors (Lipinski definition) is 6. The van der Waals surface area contributed by atoms with E-state index in [1.165, 1.54) is 33.2 Å². The van der Waals surface area contributed by atoms with Crippen molar-refractivity contribution < 1.29 is 32.6 Å². The lowest BCUT2D eigenvalue weighted by molar-refractivity contribution is -0.141. The molecule has 1 atom stereocenters. The van der Waals surface area contributed by atoms with Gasteiger partial charge in [0.05, 0.1) is 18.7 Å². The van der Waals surface area contributed by atoms with Crippen LogP contribution in [-0.2, 0) is 19.6 Å². The number of carbonyl (C=O) groups excluding carboxylic acids is 2. The van der Waals surface area contributed by atoms with Crippen molar-refractivity contribution in [1.29, 1.82) is 0 Å². The standard InChI is InChI=1S/C15H18N2O7S/c1-9(15(20)21)16(2)13(18)10-4-5-11-12(8-10)25(22,23)17(14(11)19)6-7-24-3/h4-5,8-9H,6-7H2,1-3H3,(H,20,21). The fourth-order valence-corrected chi connectivity index (χ4v) is 3.93. The Hall–Kier alpha value is -2.46. The number of amides is 2. The molecule has 0 aliphatic carbocycles. The zero-order chi connectivity index (χ0) is 18.9. The van der Waals surface area contributed by atoms with Gasteiger partial charge in [0.2, 0.25) is 0 Å². The monoisotopic (exact) mass is 370 g/mol. The number of benzene rings is 1. The van der Waals surface area contributed by atoms with Gasteiger partial charge < -0.3 is 14.7 Å². The lowest BCUT2D eigenvalue weighted by Gasteiger charge is -2.21. The Morgan fingerprint density at radius 1 is 1.36 bits per heavy atom. The molecule has 1 heterocycles. The normalized spacial score (nSPS) is 16.4. The maximum atomic E-state index is 12.5. The lowest BCUT2D eigenvalue weighted by atomic mass is 10.1. The molecule has 1 N–H and O–H groups in total. The van der Waals surface area contributed by atoms with Crippen molar-refractivity contribution in [3.8, 4) is 0 Å². The molecule has 2 rings (SSSR count). The quantitative estimate of drug-likeness (QED) is 0.749. The number of sulfonamides is 1. The number of hydrogen-bond donors (Lipinski definition) is 1. The van der Waals surface area contributed by atoms with Crippen LogP contribution in [-0.4, -0.2) is 73.9 Å². The number of nitrogens with zero attached hydrogens (tertiary/aromatic N) is 2. The number of ether oxygens (including phenoxy) is 1. The van der Waals surface area contributed by atoms with Crippen molar-refractivity contribution in [2.24, 2.45) is 0 Å². The molecule has 1 aromatic rings. The van der Waals surface area contributed by atoms with Crippen molar-refractivity contribution in [2.45, 2.75) is 17.9 Å². The van der Waals surface area contributed by atoms with E-state index in [0.29, 0.717) is 4.31 Å². The van der Waals surface area contributed by atoms with Crippen molar-refractivity contribution in [3.63, 3.8) is 0 Å². The zero-order valence-corrected chi connectivity index (χ0v) is 14.7. The number of carbonyl (C=O) groups is 3. The highest BCUT2D eigenvalue weighted by molar-refractivity contribution is 7.90. The van der Waals surface area contributed by atoms with Crippen molar-refractivity contribution in [3.05, 3.63) is 29.3 Å². The molecule has 0 bridgehead atoms. The maximum absolute atomic E-state index is 12.5. The average molecular weight is 370 g/mol. The Morgan fingerprint density at radius 3 is 2.56 bits per heavy atom. The molecule has 9 nitrogen and oxygen atoms in total. The molecule has 0 radical (unpaired) electrons. The number of rotatable bonds is 6. The number of likely N-dealkylation sites (N-methyl/N-ethyl adjacent to an activating group) is 1. The van der Waals surface area contributed by atoms with Crippen LogP contribution in [0.3, 0.4) is 0 Å². The number of carboxylic acids is 1. The van der Waals surface area contributed by atoms with Crippen LogP contribution in [0.15, 0.2) is 23.1 Å². The summed E-state index contributed by atoms with van der Waals surface area (Å²) in [6, 6.07) is 2.58. The largest absolute Gasteiger partial charge is 0.480 e. The molecule has 0 saturated carbocycles. The predicted molar refractivity (Wildman–Crippen MR) is 85.7 cm³/mol. The molecule has 1 aliphatic heterocycles. The molecule has 0 saturated heterocycles. The Bertz CT molecular complexity index is 834. The molecule has 2 amide bonds. The summed E-state index contributed by atoms with van der Waals surface area (Å²) in [5.74, 6) is -2.53. The van der Waals surface area contributed by atoms with Gasteiger partial charge in [-0.05, 0) is 25.1 Å². The van der Waals surface area contributed by atoms with E-state index >= 15 is 0 Å². The third-order valence-electron chi connectivity index (χ3n) is 4.01. The van der Waals surface area contributed by atoms with E-state index in [4.69, 9.17) is 9.84 Å². The third kappa shape index (κ3) is 3.22. The minimum absolute atomic E-state index is 0.0145. The first-order chi connectivity index (χ1) is 11.6. The highest BCUT2D eigenvalue weighted by atomic mass is 32.2. The molecule has 0 fully saturated rings. The molecule has 1 unspecified atom stereocenters. The van der Waals surface area contributed by atoms with Gasteiger partial charge in [-0.3, -0.25) is 9.59 Å². The van der Waals surface area contributed by atoms with Gasteiger partial charge in [0.15, 0.2) is 0 Å². The summed E-state index contributed by atoms with van der Waals surface area (Å²) in [5, 5.41) is 8.99. The number of methoxy groups -OCH3 is 1. The summed E-state index contributed by atoms with van der Waals surface area (Å²) in [7, 11) is -1.38. The van der Waals surface area contributed by atoms with Gasteiger partial charge in [0.1, 0.15) is 10.9 Å². The van der Waals surface area contributed by atoms with Gasteiger partial charge in [0, 0.05) is 19.7 Å². The van der Waals surface area contributed by atoms with Gasteiger partial charge >= 0.3 is 5.97 Å². The second-order valence-corrected chi connectivity index (χ2v) is 7.35. The van der Waals surface area contributed by atoms with E-state index in [9.17, 15) is 22.8 Å². The lowest BCUT2D eigenvalue weighted by Crippen LogP contribution is -2.40. The van der Waals surface area contributed by atoms with Gasteiger partial charge in [-0.25, -0.2) is 17.5 Å². The molecule has 0 aromatic heterocycles. The molecule has 25 heavy (non-hydrogen) atoms. The van der Waals surface area contributed by atoms with Gasteiger partial charge in [-0.15, -0.1) is 0 Å². The number of fused-ring (bicyclic) bond motifs is 1. The first-order valence-electron chi connectivity index (χ1n) is 7.33. The Labute approximate surface area is 144 Å². The summed E-state index contributed by atoms with van der Waals surface area (Å²) in [4.78, 5) is 36.3. The Balaban J connectivity index is 2.40. The highest BCUT2D eigenvalue weighted by Gasteiger charge is 2.41. The van der Waals surface area contributed by atoms with Crippen LogP contribution in [0.4, 0.5) is 0 Å². The van der Waals surface area contributed by atoms with Crippen molar-refractivity contribution >= 4 is 27.8 Å². The molecular formula is C15H18N2O7S. The Morgan fingerprint density at radius 2 is 2.00 bits per heavy atom. The highest BCUT2D eigenvalue weighted by Crippen LogP contribution is 2.31. The minimum atomic E-state index is -4.07. The molecule has 10 heteroatoms. The maximum Gasteiger partial charge on any atom is 0.326 e. The van der Waals surface area contributed by atoms with E-state index in [1.807, 2.05) is 0 Å². The average Bonchev–Trinajstić information content (AvgIpc) is 2.77. The molecule has 1 aromatic carbocycles. The van der Waals surface area contributed by atoms with E-state index in [1.54, 1.807) is 0 Å². The molecule has 0 spiro atoms. The third-order valence-corrected chi connectivity index (χ3v) is 5.83. The predicted octanol–water partition coefficient (Wildman–Crippen LogP) is 0.0226. The first-order valence-corrected chi connectivity index (χ1v) is 8.77. The summed E-state index contributed by atoms with van der Waals surface area (Å²) >= 11 is 0. The van der Waals surface area contributed by atoms with Crippen LogP contribution in [0.25, 0.3) is 0 Å².